The van der Waals surface area contributed by atoms with Crippen molar-refractivity contribution in [2.45, 2.75) is 31.9 Å². The monoisotopic (exact) mass is 293 g/mol. The molecule has 0 aliphatic carbocycles. The van der Waals surface area contributed by atoms with Crippen LogP contribution in [0.1, 0.15) is 30.0 Å². The van der Waals surface area contributed by atoms with Crippen LogP contribution in [0.15, 0.2) is 18.2 Å². The fourth-order valence-corrected chi connectivity index (χ4v) is 2.59. The fourth-order valence-electron chi connectivity index (χ4n) is 2.59. The van der Waals surface area contributed by atoms with Gasteiger partial charge in [-0.05, 0) is 37.0 Å². The van der Waals surface area contributed by atoms with E-state index in [1.54, 1.807) is 7.11 Å². The molecule has 2 rings (SSSR count). The number of ether oxygens (including phenoxy) is 3. The Labute approximate surface area is 125 Å². The normalized spacial score (nSPS) is 19.3. The molecule has 21 heavy (non-hydrogen) atoms. The molecule has 1 aromatic rings. The van der Waals surface area contributed by atoms with Crippen LogP contribution >= 0.6 is 0 Å². The van der Waals surface area contributed by atoms with Crippen LogP contribution in [0.3, 0.4) is 0 Å². The van der Waals surface area contributed by atoms with Gasteiger partial charge in [-0.25, -0.2) is 4.79 Å². The summed E-state index contributed by atoms with van der Waals surface area (Å²) in [5.74, 6) is 0.513. The number of rotatable bonds is 6. The molecule has 1 aromatic carbocycles. The van der Waals surface area contributed by atoms with Gasteiger partial charge in [0.15, 0.2) is 0 Å². The molecule has 2 atom stereocenters. The van der Waals surface area contributed by atoms with Crippen LogP contribution in [0, 0.1) is 6.92 Å². The van der Waals surface area contributed by atoms with Gasteiger partial charge in [0.25, 0.3) is 0 Å². The van der Waals surface area contributed by atoms with E-state index in [-0.39, 0.29) is 12.1 Å². The second kappa shape index (κ2) is 7.43. The Balaban J connectivity index is 2.10. The van der Waals surface area contributed by atoms with Crippen molar-refractivity contribution in [2.75, 3.05) is 27.4 Å². The highest BCUT2D eigenvalue weighted by atomic mass is 16.5. The molecule has 0 radical (unpaired) electrons. The average Bonchev–Trinajstić information content (AvgIpc) is 3.00. The minimum atomic E-state index is -0.483. The van der Waals surface area contributed by atoms with Crippen molar-refractivity contribution < 1.29 is 19.0 Å². The average molecular weight is 293 g/mol. The lowest BCUT2D eigenvalue weighted by atomic mass is 10.0. The van der Waals surface area contributed by atoms with Gasteiger partial charge in [0.1, 0.15) is 11.8 Å². The molecular weight excluding hydrogens is 270 g/mol. The van der Waals surface area contributed by atoms with Gasteiger partial charge in [0.2, 0.25) is 0 Å². The van der Waals surface area contributed by atoms with Crippen molar-refractivity contribution in [3.05, 3.63) is 29.3 Å². The zero-order chi connectivity index (χ0) is 15.2. The Morgan fingerprint density at radius 1 is 1.48 bits per heavy atom. The Bertz CT molecular complexity index is 483. The van der Waals surface area contributed by atoms with Crippen molar-refractivity contribution in [1.82, 2.24) is 5.32 Å². The summed E-state index contributed by atoms with van der Waals surface area (Å²) in [5, 5.41) is 3.25. The zero-order valence-electron chi connectivity index (χ0n) is 12.8. The van der Waals surface area contributed by atoms with E-state index in [9.17, 15) is 4.79 Å². The van der Waals surface area contributed by atoms with Crippen LogP contribution in [0.2, 0.25) is 0 Å². The summed E-state index contributed by atoms with van der Waals surface area (Å²) in [4.78, 5) is 12.0. The number of hydrogen-bond acceptors (Lipinski definition) is 5. The van der Waals surface area contributed by atoms with Gasteiger partial charge in [-0.15, -0.1) is 0 Å². The van der Waals surface area contributed by atoms with E-state index in [1.807, 2.05) is 25.1 Å². The lowest BCUT2D eigenvalue weighted by molar-refractivity contribution is -0.143. The number of hydrogen-bond donors (Lipinski definition) is 1. The standard InChI is InChI=1S/C16H23NO4/c1-11-9-12(6-7-14(11)19-2)15(16(18)20-3)17-10-13-5-4-8-21-13/h6-7,9,13,15,17H,4-5,8,10H2,1-3H3. The number of aryl methyl sites for hydroxylation is 1. The van der Waals surface area contributed by atoms with Crippen LogP contribution < -0.4 is 10.1 Å². The summed E-state index contributed by atoms with van der Waals surface area (Å²) < 4.78 is 15.7. The number of carbonyl (C=O) groups is 1. The molecule has 0 saturated carbocycles. The maximum Gasteiger partial charge on any atom is 0.327 e. The summed E-state index contributed by atoms with van der Waals surface area (Å²) in [7, 11) is 3.04. The minimum Gasteiger partial charge on any atom is -0.496 e. The summed E-state index contributed by atoms with van der Waals surface area (Å²) in [6, 6.07) is 5.22. The van der Waals surface area contributed by atoms with Gasteiger partial charge in [-0.2, -0.15) is 0 Å². The van der Waals surface area contributed by atoms with E-state index in [0.29, 0.717) is 6.54 Å². The van der Waals surface area contributed by atoms with Crippen molar-refractivity contribution in [3.63, 3.8) is 0 Å². The molecule has 1 N–H and O–H groups in total. The van der Waals surface area contributed by atoms with Gasteiger partial charge in [-0.3, -0.25) is 5.32 Å². The van der Waals surface area contributed by atoms with Crippen LogP contribution in [-0.2, 0) is 14.3 Å². The first kappa shape index (κ1) is 15.8. The Hall–Kier alpha value is -1.59. The van der Waals surface area contributed by atoms with Crippen molar-refractivity contribution in [3.8, 4) is 5.75 Å². The van der Waals surface area contributed by atoms with Crippen LogP contribution in [0.4, 0.5) is 0 Å². The molecule has 2 unspecified atom stereocenters. The number of carbonyl (C=O) groups excluding carboxylic acids is 1. The van der Waals surface area contributed by atoms with Gasteiger partial charge < -0.3 is 14.2 Å². The number of methoxy groups -OCH3 is 2. The number of esters is 1. The zero-order valence-corrected chi connectivity index (χ0v) is 12.8. The van der Waals surface area contributed by atoms with Crippen LogP contribution in [0.5, 0.6) is 5.75 Å². The van der Waals surface area contributed by atoms with E-state index in [0.717, 1.165) is 36.3 Å². The minimum absolute atomic E-state index is 0.177. The summed E-state index contributed by atoms with van der Waals surface area (Å²) in [5.41, 5.74) is 1.86. The number of benzene rings is 1. The first-order chi connectivity index (χ1) is 10.2. The Morgan fingerprint density at radius 2 is 2.29 bits per heavy atom. The summed E-state index contributed by atoms with van der Waals surface area (Å²) in [6.07, 6.45) is 2.29. The van der Waals surface area contributed by atoms with Gasteiger partial charge in [0.05, 0.1) is 20.3 Å². The molecule has 5 nitrogen and oxygen atoms in total. The predicted molar refractivity (Wildman–Crippen MR) is 79.5 cm³/mol. The fraction of sp³-hybridized carbons (Fsp3) is 0.562. The molecular formula is C16H23NO4. The third-order valence-corrected chi connectivity index (χ3v) is 3.76. The predicted octanol–water partition coefficient (Wildman–Crippen LogP) is 1.99. The molecule has 1 aliphatic heterocycles. The van der Waals surface area contributed by atoms with E-state index >= 15 is 0 Å². The second-order valence-corrected chi connectivity index (χ2v) is 5.23. The number of nitrogens with one attached hydrogen (secondary N) is 1. The third-order valence-electron chi connectivity index (χ3n) is 3.76. The van der Waals surface area contributed by atoms with Gasteiger partial charge >= 0.3 is 5.97 Å². The molecule has 1 saturated heterocycles. The molecule has 0 bridgehead atoms. The third kappa shape index (κ3) is 3.95. The maximum absolute atomic E-state index is 12.0. The smallest absolute Gasteiger partial charge is 0.327 e. The highest BCUT2D eigenvalue weighted by molar-refractivity contribution is 5.77. The highest BCUT2D eigenvalue weighted by Crippen LogP contribution is 2.23. The lowest BCUT2D eigenvalue weighted by Crippen LogP contribution is -2.35. The van der Waals surface area contributed by atoms with Crippen LogP contribution in [0.25, 0.3) is 0 Å². The molecule has 5 heteroatoms. The summed E-state index contributed by atoms with van der Waals surface area (Å²) >= 11 is 0. The Morgan fingerprint density at radius 3 is 2.86 bits per heavy atom. The van der Waals surface area contributed by atoms with Gasteiger partial charge in [0, 0.05) is 13.2 Å². The SMILES string of the molecule is COC(=O)C(NCC1CCCO1)c1ccc(OC)c(C)c1. The largest absolute Gasteiger partial charge is 0.496 e. The molecule has 0 amide bonds. The second-order valence-electron chi connectivity index (χ2n) is 5.23. The van der Waals surface area contributed by atoms with Crippen molar-refractivity contribution >= 4 is 5.97 Å². The molecule has 116 valence electrons. The highest BCUT2D eigenvalue weighted by Gasteiger charge is 2.24. The van der Waals surface area contributed by atoms with Gasteiger partial charge in [-0.1, -0.05) is 12.1 Å². The van der Waals surface area contributed by atoms with Crippen LogP contribution in [-0.4, -0.2) is 39.4 Å². The molecule has 1 fully saturated rings. The molecule has 1 aliphatic rings. The first-order valence-electron chi connectivity index (χ1n) is 7.23. The topological polar surface area (TPSA) is 56.8 Å². The molecule has 0 aromatic heterocycles. The van der Waals surface area contributed by atoms with E-state index < -0.39 is 6.04 Å². The molecule has 0 spiro atoms. The lowest BCUT2D eigenvalue weighted by Gasteiger charge is -2.20. The van der Waals surface area contributed by atoms with E-state index in [2.05, 4.69) is 5.32 Å². The summed E-state index contributed by atoms with van der Waals surface area (Å²) in [6.45, 7) is 3.40. The van der Waals surface area contributed by atoms with E-state index in [4.69, 9.17) is 14.2 Å². The Kier molecular flexibility index (Phi) is 5.59. The first-order valence-corrected chi connectivity index (χ1v) is 7.23. The van der Waals surface area contributed by atoms with Crippen molar-refractivity contribution in [2.24, 2.45) is 0 Å². The quantitative estimate of drug-likeness (QED) is 0.813. The van der Waals surface area contributed by atoms with Crippen molar-refractivity contribution in [1.29, 1.82) is 0 Å². The molecule has 1 heterocycles. The van der Waals surface area contributed by atoms with E-state index in [1.165, 1.54) is 7.11 Å². The maximum atomic E-state index is 12.0.